The van der Waals surface area contributed by atoms with E-state index in [4.69, 9.17) is 4.74 Å². The van der Waals surface area contributed by atoms with Crippen molar-refractivity contribution in [1.82, 2.24) is 16.0 Å². The standard InChI is InChI=1S/C31H39F4N3O4/c1-6-42-26(39)16-24(37-30(41)25(13-17(2)3)38-29(40)23-11-8-12-36-23)21-14-20(15-22(28(21)32)31(33,34)35)27-18(4)9-7-10-19(27)5/h7,9-10,14-15,17,23-25,36H,6,8,11-13,16H2,1-5H3,(H,37,41)(H,38,40)/t23-,24+,25+/m1/s1. The first-order chi connectivity index (χ1) is 19.7. The Labute approximate surface area is 243 Å². The van der Waals surface area contributed by atoms with Crippen LogP contribution >= 0.6 is 0 Å². The molecule has 2 amide bonds. The number of alkyl halides is 3. The normalized spacial score (nSPS) is 16.7. The third kappa shape index (κ3) is 8.30. The number of aryl methyl sites for hydroxylation is 2. The highest BCUT2D eigenvalue weighted by Crippen LogP contribution is 2.39. The fourth-order valence-electron chi connectivity index (χ4n) is 5.30. The van der Waals surface area contributed by atoms with Crippen LogP contribution in [0.1, 0.15) is 74.8 Å². The zero-order valence-corrected chi connectivity index (χ0v) is 24.6. The van der Waals surface area contributed by atoms with Gasteiger partial charge in [-0.2, -0.15) is 13.2 Å². The van der Waals surface area contributed by atoms with Crippen molar-refractivity contribution < 1.29 is 36.7 Å². The van der Waals surface area contributed by atoms with Gasteiger partial charge in [0.2, 0.25) is 11.8 Å². The molecule has 0 radical (unpaired) electrons. The number of hydrogen-bond donors (Lipinski definition) is 3. The largest absolute Gasteiger partial charge is 0.466 e. The van der Waals surface area contributed by atoms with Gasteiger partial charge in [-0.1, -0.05) is 32.0 Å². The second kappa shape index (κ2) is 14.1. The minimum Gasteiger partial charge on any atom is -0.466 e. The summed E-state index contributed by atoms with van der Waals surface area (Å²) in [5.41, 5.74) is -0.0916. The smallest absolute Gasteiger partial charge is 0.419 e. The molecule has 2 aromatic rings. The fourth-order valence-corrected chi connectivity index (χ4v) is 5.30. The van der Waals surface area contributed by atoms with Crippen LogP contribution in [0.3, 0.4) is 0 Å². The number of carbonyl (C=O) groups excluding carboxylic acids is 3. The van der Waals surface area contributed by atoms with Crippen molar-refractivity contribution in [2.75, 3.05) is 13.2 Å². The van der Waals surface area contributed by atoms with Gasteiger partial charge in [-0.15, -0.1) is 0 Å². The summed E-state index contributed by atoms with van der Waals surface area (Å²) in [7, 11) is 0. The van der Waals surface area contributed by atoms with E-state index in [1.807, 2.05) is 13.8 Å². The van der Waals surface area contributed by atoms with Gasteiger partial charge in [0.15, 0.2) is 0 Å². The lowest BCUT2D eigenvalue weighted by molar-refractivity contribution is -0.144. The highest BCUT2D eigenvalue weighted by atomic mass is 19.4. The van der Waals surface area contributed by atoms with E-state index in [-0.39, 0.29) is 30.4 Å². The molecule has 3 atom stereocenters. The minimum absolute atomic E-state index is 0.0152. The molecule has 7 nitrogen and oxygen atoms in total. The average molecular weight is 594 g/mol. The van der Waals surface area contributed by atoms with Crippen molar-refractivity contribution in [3.8, 4) is 11.1 Å². The summed E-state index contributed by atoms with van der Waals surface area (Å²) in [4.78, 5) is 39.0. The second-order valence-corrected chi connectivity index (χ2v) is 11.1. The molecule has 1 heterocycles. The molecule has 0 aliphatic carbocycles. The van der Waals surface area contributed by atoms with E-state index in [2.05, 4.69) is 16.0 Å². The maximum atomic E-state index is 15.7. The molecular weight excluding hydrogens is 554 g/mol. The zero-order chi connectivity index (χ0) is 31.2. The Bertz CT molecular complexity index is 1270. The van der Waals surface area contributed by atoms with E-state index < -0.39 is 59.5 Å². The number of benzene rings is 2. The molecule has 42 heavy (non-hydrogen) atoms. The number of halogens is 4. The van der Waals surface area contributed by atoms with Crippen LogP contribution in [0, 0.1) is 25.6 Å². The number of hydrogen-bond acceptors (Lipinski definition) is 5. The Morgan fingerprint density at radius 1 is 1.10 bits per heavy atom. The minimum atomic E-state index is -5.05. The van der Waals surface area contributed by atoms with Crippen LogP contribution < -0.4 is 16.0 Å². The first-order valence-corrected chi connectivity index (χ1v) is 14.2. The summed E-state index contributed by atoms with van der Waals surface area (Å²) in [5, 5.41) is 8.35. The maximum Gasteiger partial charge on any atom is 0.419 e. The van der Waals surface area contributed by atoms with E-state index in [0.29, 0.717) is 29.7 Å². The second-order valence-electron chi connectivity index (χ2n) is 11.1. The molecule has 0 saturated carbocycles. The predicted molar refractivity (Wildman–Crippen MR) is 151 cm³/mol. The lowest BCUT2D eigenvalue weighted by Gasteiger charge is -2.27. The van der Waals surface area contributed by atoms with Gasteiger partial charge < -0.3 is 20.7 Å². The molecule has 0 unspecified atom stereocenters. The van der Waals surface area contributed by atoms with Crippen LogP contribution in [0.15, 0.2) is 30.3 Å². The third-order valence-electron chi connectivity index (χ3n) is 7.26. The molecule has 3 rings (SSSR count). The first kappa shape index (κ1) is 33.0. The average Bonchev–Trinajstić information content (AvgIpc) is 3.43. The molecule has 2 aromatic carbocycles. The lowest BCUT2D eigenvalue weighted by atomic mass is 9.90. The van der Waals surface area contributed by atoms with E-state index in [9.17, 15) is 27.6 Å². The van der Waals surface area contributed by atoms with Crippen molar-refractivity contribution >= 4 is 17.8 Å². The molecule has 1 aliphatic rings. The first-order valence-electron chi connectivity index (χ1n) is 14.2. The van der Waals surface area contributed by atoms with Crippen molar-refractivity contribution in [3.05, 3.63) is 58.4 Å². The quantitative estimate of drug-likeness (QED) is 0.236. The van der Waals surface area contributed by atoms with Gasteiger partial charge in [0.1, 0.15) is 11.9 Å². The molecule has 0 spiro atoms. The van der Waals surface area contributed by atoms with Gasteiger partial charge in [-0.3, -0.25) is 14.4 Å². The van der Waals surface area contributed by atoms with Crippen molar-refractivity contribution in [2.24, 2.45) is 5.92 Å². The molecular formula is C31H39F4N3O4. The van der Waals surface area contributed by atoms with E-state index in [1.165, 1.54) is 6.07 Å². The maximum absolute atomic E-state index is 15.7. The van der Waals surface area contributed by atoms with E-state index in [0.717, 1.165) is 12.5 Å². The molecule has 1 fully saturated rings. The Morgan fingerprint density at radius 2 is 1.76 bits per heavy atom. The summed E-state index contributed by atoms with van der Waals surface area (Å²) in [6.07, 6.45) is -4.04. The van der Waals surface area contributed by atoms with Crippen LogP contribution in [0.4, 0.5) is 17.6 Å². The number of ether oxygens (including phenoxy) is 1. The summed E-state index contributed by atoms with van der Waals surface area (Å²) in [6, 6.07) is 4.18. The number of esters is 1. The van der Waals surface area contributed by atoms with E-state index in [1.54, 1.807) is 39.0 Å². The van der Waals surface area contributed by atoms with E-state index >= 15 is 4.39 Å². The summed E-state index contributed by atoms with van der Waals surface area (Å²) >= 11 is 0. The summed E-state index contributed by atoms with van der Waals surface area (Å²) < 4.78 is 63.1. The van der Waals surface area contributed by atoms with Gasteiger partial charge in [0.05, 0.1) is 30.7 Å². The predicted octanol–water partition coefficient (Wildman–Crippen LogP) is 5.52. The lowest BCUT2D eigenvalue weighted by Crippen LogP contribution is -2.52. The monoisotopic (exact) mass is 593 g/mol. The molecule has 0 bridgehead atoms. The molecule has 11 heteroatoms. The van der Waals surface area contributed by atoms with Crippen LogP contribution in [0.2, 0.25) is 0 Å². The van der Waals surface area contributed by atoms with Gasteiger partial charge in [-0.25, -0.2) is 4.39 Å². The van der Waals surface area contributed by atoms with Crippen LogP contribution in [0.25, 0.3) is 11.1 Å². The number of nitrogens with one attached hydrogen (secondary N) is 3. The zero-order valence-electron chi connectivity index (χ0n) is 24.6. The Morgan fingerprint density at radius 3 is 2.31 bits per heavy atom. The van der Waals surface area contributed by atoms with Gasteiger partial charge in [-0.05, 0) is 86.9 Å². The Balaban J connectivity index is 2.09. The van der Waals surface area contributed by atoms with Crippen LogP contribution in [-0.2, 0) is 25.3 Å². The van der Waals surface area contributed by atoms with Crippen LogP contribution in [0.5, 0.6) is 0 Å². The number of carbonyl (C=O) groups is 3. The third-order valence-corrected chi connectivity index (χ3v) is 7.26. The highest BCUT2D eigenvalue weighted by Gasteiger charge is 2.38. The van der Waals surface area contributed by atoms with Gasteiger partial charge in [0.25, 0.3) is 0 Å². The molecule has 230 valence electrons. The summed E-state index contributed by atoms with van der Waals surface area (Å²) in [5.74, 6) is -3.57. The number of amides is 2. The molecule has 1 aliphatic heterocycles. The Kier molecular flexibility index (Phi) is 11.1. The summed E-state index contributed by atoms with van der Waals surface area (Å²) in [6.45, 7) is 9.36. The SMILES string of the molecule is CCOC(=O)C[C@H](NC(=O)[C@H](CC(C)C)NC(=O)[C@H]1CCCN1)c1cc(-c2c(C)cccc2C)cc(C(F)(F)F)c1F. The number of rotatable bonds is 11. The van der Waals surface area contributed by atoms with Crippen molar-refractivity contribution in [1.29, 1.82) is 0 Å². The van der Waals surface area contributed by atoms with Gasteiger partial charge >= 0.3 is 12.1 Å². The topological polar surface area (TPSA) is 96.5 Å². The van der Waals surface area contributed by atoms with Crippen molar-refractivity contribution in [3.63, 3.8) is 0 Å². The fraction of sp³-hybridized carbons (Fsp3) is 0.516. The highest BCUT2D eigenvalue weighted by molar-refractivity contribution is 5.90. The van der Waals surface area contributed by atoms with Crippen molar-refractivity contribution in [2.45, 2.75) is 84.6 Å². The Hall–Kier alpha value is -3.47. The molecule has 0 aromatic heterocycles. The van der Waals surface area contributed by atoms with Gasteiger partial charge in [0, 0.05) is 5.56 Å². The van der Waals surface area contributed by atoms with Crippen LogP contribution in [-0.4, -0.2) is 43.0 Å². The molecule has 3 N–H and O–H groups in total. The molecule has 1 saturated heterocycles.